The highest BCUT2D eigenvalue weighted by molar-refractivity contribution is 9.10. The van der Waals surface area contributed by atoms with E-state index in [1.165, 1.54) is 0 Å². The third-order valence-electron chi connectivity index (χ3n) is 2.21. The molecule has 0 fully saturated rings. The van der Waals surface area contributed by atoms with Gasteiger partial charge in [-0.15, -0.1) is 0 Å². The van der Waals surface area contributed by atoms with Gasteiger partial charge in [-0.05, 0) is 6.07 Å². The van der Waals surface area contributed by atoms with Crippen LogP contribution in [-0.4, -0.2) is 9.97 Å². The van der Waals surface area contributed by atoms with Crippen molar-refractivity contribution in [2.24, 2.45) is 0 Å². The molecule has 2 nitrogen and oxygen atoms in total. The summed E-state index contributed by atoms with van der Waals surface area (Å²) in [5, 5.41) is 0.484. The quantitative estimate of drug-likeness (QED) is 0.779. The molecule has 0 aliphatic rings. The summed E-state index contributed by atoms with van der Waals surface area (Å²) in [6.45, 7) is 2.01. The predicted molar refractivity (Wildman–Crippen MR) is 69.6 cm³/mol. The van der Waals surface area contributed by atoms with Gasteiger partial charge >= 0.3 is 0 Å². The topological polar surface area (TPSA) is 25.8 Å². The Labute approximate surface area is 108 Å². The first-order chi connectivity index (χ1) is 7.70. The molecule has 0 aliphatic heterocycles. The van der Waals surface area contributed by atoms with Crippen molar-refractivity contribution in [2.45, 2.75) is 13.3 Å². The highest BCUT2D eigenvalue weighted by Crippen LogP contribution is 2.27. The maximum Gasteiger partial charge on any atom is 0.133 e. The van der Waals surface area contributed by atoms with E-state index in [4.69, 9.17) is 11.6 Å². The average Bonchev–Trinajstić information content (AvgIpc) is 2.28. The first kappa shape index (κ1) is 11.6. The van der Waals surface area contributed by atoms with Crippen molar-refractivity contribution in [3.8, 4) is 11.3 Å². The molecule has 1 aromatic carbocycles. The second-order valence-corrected chi connectivity index (χ2v) is 4.57. The van der Waals surface area contributed by atoms with Gasteiger partial charge in [0.05, 0.1) is 5.69 Å². The fraction of sp³-hybridized carbons (Fsp3) is 0.167. The van der Waals surface area contributed by atoms with Crippen molar-refractivity contribution in [3.63, 3.8) is 0 Å². The molecule has 1 aromatic heterocycles. The monoisotopic (exact) mass is 296 g/mol. The van der Waals surface area contributed by atoms with Gasteiger partial charge in [0.2, 0.25) is 0 Å². The van der Waals surface area contributed by atoms with E-state index >= 15 is 0 Å². The summed E-state index contributed by atoms with van der Waals surface area (Å²) in [4.78, 5) is 8.60. The summed E-state index contributed by atoms with van der Waals surface area (Å²) in [6, 6.07) is 9.71. The Balaban J connectivity index is 2.56. The lowest BCUT2D eigenvalue weighted by atomic mass is 10.1. The minimum Gasteiger partial charge on any atom is -0.233 e. The number of aryl methyl sites for hydroxylation is 1. The molecule has 0 saturated heterocycles. The Morgan fingerprint density at radius 1 is 1.25 bits per heavy atom. The number of halogens is 2. The van der Waals surface area contributed by atoms with E-state index < -0.39 is 0 Å². The first-order valence-corrected chi connectivity index (χ1v) is 6.16. The second-order valence-electron chi connectivity index (χ2n) is 3.33. The standard InChI is InChI=1S/C12H10BrClN2/c1-2-12-15-10(7-11(14)16-12)8-5-3-4-6-9(8)13/h3-7H,2H2,1H3. The zero-order valence-electron chi connectivity index (χ0n) is 8.74. The molecular weight excluding hydrogens is 288 g/mol. The molecule has 82 valence electrons. The van der Waals surface area contributed by atoms with Crippen LogP contribution < -0.4 is 0 Å². The minimum atomic E-state index is 0.484. The molecule has 0 bridgehead atoms. The molecule has 0 aliphatic carbocycles. The maximum atomic E-state index is 5.96. The summed E-state index contributed by atoms with van der Waals surface area (Å²) in [5.41, 5.74) is 1.88. The van der Waals surface area contributed by atoms with Crippen LogP contribution in [0.1, 0.15) is 12.7 Å². The number of nitrogens with zero attached hydrogens (tertiary/aromatic N) is 2. The summed E-state index contributed by atoms with van der Waals surface area (Å²) < 4.78 is 1.01. The fourth-order valence-corrected chi connectivity index (χ4v) is 2.12. The summed E-state index contributed by atoms with van der Waals surface area (Å²) in [5.74, 6) is 0.762. The summed E-state index contributed by atoms with van der Waals surface area (Å²) >= 11 is 9.47. The Bertz CT molecular complexity index is 514. The van der Waals surface area contributed by atoms with Crippen LogP contribution >= 0.6 is 27.5 Å². The summed E-state index contributed by atoms with van der Waals surface area (Å²) in [6.07, 6.45) is 0.776. The zero-order chi connectivity index (χ0) is 11.5. The van der Waals surface area contributed by atoms with Crippen molar-refractivity contribution < 1.29 is 0 Å². The molecule has 2 aromatic rings. The average molecular weight is 298 g/mol. The third-order valence-corrected chi connectivity index (χ3v) is 3.09. The lowest BCUT2D eigenvalue weighted by molar-refractivity contribution is 0.943. The fourth-order valence-electron chi connectivity index (χ4n) is 1.43. The van der Waals surface area contributed by atoms with E-state index in [1.807, 2.05) is 31.2 Å². The van der Waals surface area contributed by atoms with E-state index in [2.05, 4.69) is 25.9 Å². The van der Waals surface area contributed by atoms with Crippen molar-refractivity contribution in [1.82, 2.24) is 9.97 Å². The van der Waals surface area contributed by atoms with E-state index in [9.17, 15) is 0 Å². The first-order valence-electron chi connectivity index (χ1n) is 4.99. The van der Waals surface area contributed by atoms with Gasteiger partial charge in [0.1, 0.15) is 11.0 Å². The molecule has 0 saturated carbocycles. The number of aromatic nitrogens is 2. The number of benzene rings is 1. The minimum absolute atomic E-state index is 0.484. The van der Waals surface area contributed by atoms with Crippen LogP contribution in [0.3, 0.4) is 0 Å². The molecule has 2 rings (SSSR count). The molecule has 16 heavy (non-hydrogen) atoms. The van der Waals surface area contributed by atoms with Gasteiger partial charge in [-0.2, -0.15) is 0 Å². The Morgan fingerprint density at radius 3 is 2.69 bits per heavy atom. The predicted octanol–water partition coefficient (Wildman–Crippen LogP) is 4.12. The van der Waals surface area contributed by atoms with E-state index in [0.717, 1.165) is 28.0 Å². The SMILES string of the molecule is CCc1nc(Cl)cc(-c2ccccc2Br)n1. The third kappa shape index (κ3) is 2.42. The summed E-state index contributed by atoms with van der Waals surface area (Å²) in [7, 11) is 0. The molecule has 0 unspecified atom stereocenters. The molecule has 0 amide bonds. The van der Waals surface area contributed by atoms with Gasteiger partial charge in [-0.1, -0.05) is 52.7 Å². The van der Waals surface area contributed by atoms with Crippen LogP contribution in [0.5, 0.6) is 0 Å². The van der Waals surface area contributed by atoms with Crippen molar-refractivity contribution in [2.75, 3.05) is 0 Å². The zero-order valence-corrected chi connectivity index (χ0v) is 11.1. The van der Waals surface area contributed by atoms with E-state index in [-0.39, 0.29) is 0 Å². The largest absolute Gasteiger partial charge is 0.233 e. The van der Waals surface area contributed by atoms with Crippen LogP contribution in [0.4, 0.5) is 0 Å². The molecular formula is C12H10BrClN2. The number of hydrogen-bond acceptors (Lipinski definition) is 2. The molecule has 0 radical (unpaired) electrons. The van der Waals surface area contributed by atoms with Crippen molar-refractivity contribution in [3.05, 3.63) is 45.8 Å². The normalized spacial score (nSPS) is 10.4. The number of hydrogen-bond donors (Lipinski definition) is 0. The van der Waals surface area contributed by atoms with Crippen LogP contribution in [0.25, 0.3) is 11.3 Å². The lowest BCUT2D eigenvalue weighted by Crippen LogP contribution is -1.95. The van der Waals surface area contributed by atoms with Crippen LogP contribution in [-0.2, 0) is 6.42 Å². The maximum absolute atomic E-state index is 5.96. The number of rotatable bonds is 2. The van der Waals surface area contributed by atoms with Gasteiger partial charge in [0.15, 0.2) is 0 Å². The Morgan fingerprint density at radius 2 is 2.00 bits per heavy atom. The molecule has 0 atom stereocenters. The molecule has 0 N–H and O–H groups in total. The van der Waals surface area contributed by atoms with Crippen LogP contribution in [0.2, 0.25) is 5.15 Å². The van der Waals surface area contributed by atoms with Crippen molar-refractivity contribution in [1.29, 1.82) is 0 Å². The highest BCUT2D eigenvalue weighted by Gasteiger charge is 2.07. The smallest absolute Gasteiger partial charge is 0.133 e. The van der Waals surface area contributed by atoms with E-state index in [0.29, 0.717) is 5.15 Å². The van der Waals surface area contributed by atoms with Gasteiger partial charge in [-0.3, -0.25) is 0 Å². The molecule has 4 heteroatoms. The lowest BCUT2D eigenvalue weighted by Gasteiger charge is -2.05. The molecule has 1 heterocycles. The second kappa shape index (κ2) is 4.93. The highest BCUT2D eigenvalue weighted by atomic mass is 79.9. The van der Waals surface area contributed by atoms with Crippen LogP contribution in [0.15, 0.2) is 34.8 Å². The van der Waals surface area contributed by atoms with Gasteiger partial charge < -0.3 is 0 Å². The Kier molecular flexibility index (Phi) is 3.56. The Hall–Kier alpha value is -0.930. The van der Waals surface area contributed by atoms with E-state index in [1.54, 1.807) is 6.07 Å². The van der Waals surface area contributed by atoms with Gasteiger partial charge in [0.25, 0.3) is 0 Å². The van der Waals surface area contributed by atoms with Crippen LogP contribution in [0, 0.1) is 0 Å². The van der Waals surface area contributed by atoms with Gasteiger partial charge in [0, 0.05) is 22.5 Å². The van der Waals surface area contributed by atoms with Crippen molar-refractivity contribution >= 4 is 27.5 Å². The molecule has 0 spiro atoms. The van der Waals surface area contributed by atoms with Gasteiger partial charge in [-0.25, -0.2) is 9.97 Å².